The average Bonchev–Trinajstić information content (AvgIpc) is 3.03. The summed E-state index contributed by atoms with van der Waals surface area (Å²) in [7, 11) is 6.90. The first kappa shape index (κ1) is 23.6. The summed E-state index contributed by atoms with van der Waals surface area (Å²) in [6.07, 6.45) is 0.667. The molecule has 3 rings (SSSR count). The van der Waals surface area contributed by atoms with Crippen LogP contribution < -0.4 is 9.47 Å². The Morgan fingerprint density at radius 2 is 1.78 bits per heavy atom. The van der Waals surface area contributed by atoms with E-state index in [9.17, 15) is 14.7 Å². The molecular weight excluding hydrogens is 432 g/mol. The lowest BCUT2D eigenvalue weighted by Crippen LogP contribution is -2.32. The van der Waals surface area contributed by atoms with Gasteiger partial charge in [-0.25, -0.2) is 0 Å². The summed E-state index contributed by atoms with van der Waals surface area (Å²) in [5.74, 6) is -0.723. The number of aliphatic hydroxyl groups excluding tert-OH is 1. The van der Waals surface area contributed by atoms with E-state index in [-0.39, 0.29) is 16.4 Å². The van der Waals surface area contributed by atoms with E-state index in [1.54, 1.807) is 24.3 Å². The maximum absolute atomic E-state index is 13.1. The van der Waals surface area contributed by atoms with E-state index in [4.69, 9.17) is 21.1 Å². The predicted octanol–water partition coefficient (Wildman–Crippen LogP) is 3.73. The number of aliphatic hydroxyl groups is 1. The Kier molecular flexibility index (Phi) is 7.43. The Hall–Kier alpha value is -3.03. The number of carbonyl (C=O) groups excluding carboxylic acids is 2. The standard InChI is InChI=1S/C24H27ClN2O5/c1-26(2)12-7-13-27-21(16-8-5-6-9-18(16)31-3)20(23(29)24(27)30)22(28)15-10-11-19(32-4)17(25)14-15/h5-6,8-11,14,21,28H,7,12-13H2,1-4H3/b22-20+/t21-/m1/s1. The fraction of sp³-hybridized carbons (Fsp3) is 0.333. The van der Waals surface area contributed by atoms with Crippen LogP contribution in [0.5, 0.6) is 11.5 Å². The van der Waals surface area contributed by atoms with Gasteiger partial charge in [-0.1, -0.05) is 29.8 Å². The zero-order valence-electron chi connectivity index (χ0n) is 18.6. The van der Waals surface area contributed by atoms with Gasteiger partial charge in [-0.3, -0.25) is 9.59 Å². The van der Waals surface area contributed by atoms with Crippen LogP contribution in [0.15, 0.2) is 48.0 Å². The molecule has 1 aliphatic rings. The lowest BCUT2D eigenvalue weighted by molar-refractivity contribution is -0.140. The molecule has 1 N–H and O–H groups in total. The number of likely N-dealkylation sites (tertiary alicyclic amines) is 1. The van der Waals surface area contributed by atoms with E-state index >= 15 is 0 Å². The monoisotopic (exact) mass is 458 g/mol. The normalized spacial score (nSPS) is 17.8. The van der Waals surface area contributed by atoms with Gasteiger partial charge in [-0.05, 0) is 51.3 Å². The minimum atomic E-state index is -0.783. The number of ether oxygens (including phenoxy) is 2. The maximum Gasteiger partial charge on any atom is 0.295 e. The molecule has 0 aliphatic carbocycles. The molecule has 2 aromatic rings. The first-order valence-corrected chi connectivity index (χ1v) is 10.6. The molecule has 0 unspecified atom stereocenters. The SMILES string of the molecule is COc1ccc(/C(O)=C2\C(=O)C(=O)N(CCCN(C)C)[C@@H]2c2ccccc2OC)cc1Cl. The Morgan fingerprint density at radius 1 is 1.09 bits per heavy atom. The van der Waals surface area contributed by atoms with Crippen LogP contribution in [-0.2, 0) is 9.59 Å². The Labute approximate surface area is 192 Å². The Bertz CT molecular complexity index is 1050. The van der Waals surface area contributed by atoms with Crippen molar-refractivity contribution in [3.05, 3.63) is 64.2 Å². The fourth-order valence-corrected chi connectivity index (χ4v) is 4.11. The molecule has 1 aliphatic heterocycles. The number of halogens is 1. The van der Waals surface area contributed by atoms with Gasteiger partial charge in [0.25, 0.3) is 11.7 Å². The average molecular weight is 459 g/mol. The summed E-state index contributed by atoms with van der Waals surface area (Å²) >= 11 is 6.23. The van der Waals surface area contributed by atoms with Gasteiger partial charge in [-0.15, -0.1) is 0 Å². The molecule has 2 aromatic carbocycles. The van der Waals surface area contributed by atoms with Crippen LogP contribution in [0, 0.1) is 0 Å². The van der Waals surface area contributed by atoms with Crippen LogP contribution in [0.2, 0.25) is 5.02 Å². The molecule has 0 bridgehead atoms. The molecule has 7 nitrogen and oxygen atoms in total. The molecule has 0 aromatic heterocycles. The fourth-order valence-electron chi connectivity index (χ4n) is 3.85. The summed E-state index contributed by atoms with van der Waals surface area (Å²) in [6.45, 7) is 1.10. The van der Waals surface area contributed by atoms with E-state index in [1.165, 1.54) is 25.2 Å². The molecule has 1 heterocycles. The van der Waals surface area contributed by atoms with Crippen LogP contribution in [-0.4, -0.2) is 68.0 Å². The number of benzene rings is 2. The number of nitrogens with zero attached hydrogens (tertiary/aromatic N) is 2. The van der Waals surface area contributed by atoms with Crippen LogP contribution in [0.1, 0.15) is 23.6 Å². The second-order valence-electron chi connectivity index (χ2n) is 7.74. The summed E-state index contributed by atoms with van der Waals surface area (Å²) in [5, 5.41) is 11.4. The quantitative estimate of drug-likeness (QED) is 0.369. The molecule has 1 fully saturated rings. The number of rotatable bonds is 8. The second kappa shape index (κ2) is 10.1. The van der Waals surface area contributed by atoms with Crippen molar-refractivity contribution in [2.75, 3.05) is 41.4 Å². The predicted molar refractivity (Wildman–Crippen MR) is 123 cm³/mol. The molecule has 0 saturated carbocycles. The topological polar surface area (TPSA) is 79.3 Å². The maximum atomic E-state index is 13.1. The lowest BCUT2D eigenvalue weighted by atomic mass is 9.94. The largest absolute Gasteiger partial charge is 0.507 e. The van der Waals surface area contributed by atoms with Crippen molar-refractivity contribution in [1.29, 1.82) is 0 Å². The first-order valence-electron chi connectivity index (χ1n) is 10.2. The zero-order chi connectivity index (χ0) is 23.4. The van der Waals surface area contributed by atoms with Gasteiger partial charge >= 0.3 is 0 Å². The van der Waals surface area contributed by atoms with Gasteiger partial charge in [-0.2, -0.15) is 0 Å². The minimum absolute atomic E-state index is 0.00517. The third kappa shape index (κ3) is 4.59. The zero-order valence-corrected chi connectivity index (χ0v) is 19.3. The molecule has 0 spiro atoms. The van der Waals surface area contributed by atoms with Crippen molar-refractivity contribution < 1.29 is 24.2 Å². The smallest absolute Gasteiger partial charge is 0.295 e. The van der Waals surface area contributed by atoms with Gasteiger partial charge < -0.3 is 24.4 Å². The van der Waals surface area contributed by atoms with Crippen LogP contribution in [0.25, 0.3) is 5.76 Å². The molecule has 170 valence electrons. The number of para-hydroxylation sites is 1. The highest BCUT2D eigenvalue weighted by Crippen LogP contribution is 2.43. The Balaban J connectivity index is 2.15. The van der Waals surface area contributed by atoms with Gasteiger partial charge in [0.2, 0.25) is 0 Å². The van der Waals surface area contributed by atoms with E-state index < -0.39 is 17.7 Å². The van der Waals surface area contributed by atoms with Gasteiger partial charge in [0.15, 0.2) is 0 Å². The lowest BCUT2D eigenvalue weighted by Gasteiger charge is -2.27. The van der Waals surface area contributed by atoms with Crippen molar-refractivity contribution in [2.24, 2.45) is 0 Å². The van der Waals surface area contributed by atoms with Crippen molar-refractivity contribution in [3.63, 3.8) is 0 Å². The molecule has 1 atom stereocenters. The third-order valence-corrected chi connectivity index (χ3v) is 5.70. The van der Waals surface area contributed by atoms with Crippen molar-refractivity contribution in [2.45, 2.75) is 12.5 Å². The number of amides is 1. The molecule has 0 radical (unpaired) electrons. The van der Waals surface area contributed by atoms with Crippen LogP contribution >= 0.6 is 11.6 Å². The number of methoxy groups -OCH3 is 2. The Morgan fingerprint density at radius 3 is 2.41 bits per heavy atom. The number of ketones is 1. The summed E-state index contributed by atoms with van der Waals surface area (Å²) in [4.78, 5) is 29.6. The van der Waals surface area contributed by atoms with E-state index in [0.29, 0.717) is 35.6 Å². The number of Topliss-reactive ketones (excluding diaryl/α,β-unsaturated/α-hetero) is 1. The van der Waals surface area contributed by atoms with Crippen LogP contribution in [0.3, 0.4) is 0 Å². The highest BCUT2D eigenvalue weighted by molar-refractivity contribution is 6.46. The molecular formula is C24H27ClN2O5. The molecule has 8 heteroatoms. The van der Waals surface area contributed by atoms with Gasteiger partial charge in [0.1, 0.15) is 17.3 Å². The summed E-state index contributed by atoms with van der Waals surface area (Å²) < 4.78 is 10.7. The number of hydrogen-bond acceptors (Lipinski definition) is 6. The van der Waals surface area contributed by atoms with Crippen molar-refractivity contribution in [3.8, 4) is 11.5 Å². The third-order valence-electron chi connectivity index (χ3n) is 5.40. The minimum Gasteiger partial charge on any atom is -0.507 e. The highest BCUT2D eigenvalue weighted by Gasteiger charge is 2.46. The van der Waals surface area contributed by atoms with Gasteiger partial charge in [0.05, 0.1) is 30.9 Å². The number of carbonyl (C=O) groups is 2. The van der Waals surface area contributed by atoms with E-state index in [0.717, 1.165) is 6.54 Å². The second-order valence-corrected chi connectivity index (χ2v) is 8.15. The first-order chi connectivity index (χ1) is 15.3. The van der Waals surface area contributed by atoms with E-state index in [1.807, 2.05) is 31.1 Å². The molecule has 1 saturated heterocycles. The molecule has 1 amide bonds. The van der Waals surface area contributed by atoms with Crippen molar-refractivity contribution >= 4 is 29.1 Å². The van der Waals surface area contributed by atoms with E-state index in [2.05, 4.69) is 0 Å². The van der Waals surface area contributed by atoms with Gasteiger partial charge in [0, 0.05) is 17.7 Å². The molecule has 32 heavy (non-hydrogen) atoms. The summed E-state index contributed by atoms with van der Waals surface area (Å²) in [6, 6.07) is 11.1. The van der Waals surface area contributed by atoms with Crippen LogP contribution in [0.4, 0.5) is 0 Å². The number of hydrogen-bond donors (Lipinski definition) is 1. The van der Waals surface area contributed by atoms with Crippen molar-refractivity contribution in [1.82, 2.24) is 9.80 Å². The summed E-state index contributed by atoms with van der Waals surface area (Å²) in [5.41, 5.74) is 0.952. The highest BCUT2D eigenvalue weighted by atomic mass is 35.5.